The first-order valence-electron chi connectivity index (χ1n) is 6.88. The fourth-order valence-corrected chi connectivity index (χ4v) is 3.08. The van der Waals surface area contributed by atoms with E-state index in [9.17, 15) is 8.78 Å². The molecule has 0 radical (unpaired) electrons. The zero-order valence-electron chi connectivity index (χ0n) is 12.2. The third-order valence-electron chi connectivity index (χ3n) is 2.84. The Kier molecular flexibility index (Phi) is 6.80. The standard InChI is InChI=1S/C14H14Cl2F2N4S/c1-2-3-6-23-14-21-20-13(12(17)18)22(14)19-8-9-4-5-10(15)7-11(9)16/h4-5,7-8,12H,2-3,6H2,1H3. The monoisotopic (exact) mass is 378 g/mol. The molecule has 1 heterocycles. The molecule has 0 bridgehead atoms. The van der Waals surface area contributed by atoms with Crippen molar-refractivity contribution in [3.63, 3.8) is 0 Å². The minimum Gasteiger partial charge on any atom is -0.201 e. The maximum Gasteiger partial charge on any atom is 0.299 e. The SMILES string of the molecule is CCCCSc1nnc(C(F)F)n1N=Cc1ccc(Cl)cc1Cl. The molecule has 0 saturated carbocycles. The van der Waals surface area contributed by atoms with Crippen LogP contribution in [0.1, 0.15) is 37.6 Å². The van der Waals surface area contributed by atoms with Gasteiger partial charge in [0.1, 0.15) is 0 Å². The van der Waals surface area contributed by atoms with Gasteiger partial charge < -0.3 is 0 Å². The molecule has 0 aliphatic rings. The molecule has 1 aromatic carbocycles. The number of alkyl halides is 2. The molecule has 0 atom stereocenters. The Labute approximate surface area is 146 Å². The van der Waals surface area contributed by atoms with Gasteiger partial charge in [-0.3, -0.25) is 0 Å². The predicted octanol–water partition coefficient (Wildman–Crippen LogP) is 5.30. The van der Waals surface area contributed by atoms with Gasteiger partial charge in [-0.05, 0) is 18.6 Å². The van der Waals surface area contributed by atoms with E-state index in [4.69, 9.17) is 23.2 Å². The van der Waals surface area contributed by atoms with Crippen molar-refractivity contribution in [2.24, 2.45) is 5.10 Å². The van der Waals surface area contributed by atoms with E-state index in [1.54, 1.807) is 18.2 Å². The first kappa shape index (κ1) is 18.2. The summed E-state index contributed by atoms with van der Waals surface area (Å²) in [4.78, 5) is 0. The van der Waals surface area contributed by atoms with Crippen molar-refractivity contribution in [1.82, 2.24) is 14.9 Å². The second kappa shape index (κ2) is 8.61. The predicted molar refractivity (Wildman–Crippen MR) is 90.1 cm³/mol. The van der Waals surface area contributed by atoms with Crippen LogP contribution in [0.5, 0.6) is 0 Å². The van der Waals surface area contributed by atoms with Crippen molar-refractivity contribution in [1.29, 1.82) is 0 Å². The van der Waals surface area contributed by atoms with Crippen LogP contribution in [0.15, 0.2) is 28.5 Å². The van der Waals surface area contributed by atoms with Gasteiger partial charge in [-0.15, -0.1) is 10.2 Å². The topological polar surface area (TPSA) is 43.1 Å². The molecule has 1 aromatic heterocycles. The second-order valence-electron chi connectivity index (χ2n) is 4.57. The largest absolute Gasteiger partial charge is 0.299 e. The Morgan fingerprint density at radius 3 is 2.78 bits per heavy atom. The van der Waals surface area contributed by atoms with Crippen LogP contribution in [0.4, 0.5) is 8.78 Å². The number of benzene rings is 1. The van der Waals surface area contributed by atoms with E-state index in [1.165, 1.54) is 18.0 Å². The number of unbranched alkanes of at least 4 members (excludes halogenated alkanes) is 1. The maximum absolute atomic E-state index is 13.0. The van der Waals surface area contributed by atoms with E-state index in [0.717, 1.165) is 23.3 Å². The number of hydrogen-bond acceptors (Lipinski definition) is 4. The third-order valence-corrected chi connectivity index (χ3v) is 4.40. The average Bonchev–Trinajstić information content (AvgIpc) is 2.90. The van der Waals surface area contributed by atoms with Crippen molar-refractivity contribution in [3.05, 3.63) is 39.6 Å². The van der Waals surface area contributed by atoms with Gasteiger partial charge in [-0.25, -0.2) is 8.78 Å². The molecular weight excluding hydrogens is 365 g/mol. The summed E-state index contributed by atoms with van der Waals surface area (Å²) in [7, 11) is 0. The normalized spacial score (nSPS) is 11.7. The van der Waals surface area contributed by atoms with Gasteiger partial charge in [0.2, 0.25) is 11.0 Å². The Morgan fingerprint density at radius 1 is 1.35 bits per heavy atom. The van der Waals surface area contributed by atoms with Crippen molar-refractivity contribution < 1.29 is 8.78 Å². The van der Waals surface area contributed by atoms with Gasteiger partial charge in [-0.1, -0.05) is 54.4 Å². The van der Waals surface area contributed by atoms with Gasteiger partial charge in [-0.2, -0.15) is 9.78 Å². The zero-order valence-corrected chi connectivity index (χ0v) is 14.5. The summed E-state index contributed by atoms with van der Waals surface area (Å²) >= 11 is 13.2. The molecule has 0 N–H and O–H groups in total. The molecular formula is C14H14Cl2F2N4S. The van der Waals surface area contributed by atoms with Crippen molar-refractivity contribution >= 4 is 41.2 Å². The van der Waals surface area contributed by atoms with Crippen LogP contribution in [-0.2, 0) is 0 Å². The Bertz CT molecular complexity index is 691. The lowest BCUT2D eigenvalue weighted by molar-refractivity contribution is 0.135. The van der Waals surface area contributed by atoms with E-state index in [2.05, 4.69) is 22.2 Å². The van der Waals surface area contributed by atoms with Crippen LogP contribution in [0.2, 0.25) is 10.0 Å². The number of hydrogen-bond donors (Lipinski definition) is 0. The van der Waals surface area contributed by atoms with E-state index in [0.29, 0.717) is 20.8 Å². The lowest BCUT2D eigenvalue weighted by atomic mass is 10.2. The van der Waals surface area contributed by atoms with Crippen LogP contribution in [0, 0.1) is 0 Å². The fourth-order valence-electron chi connectivity index (χ4n) is 1.65. The molecule has 0 amide bonds. The molecule has 9 heteroatoms. The van der Waals surface area contributed by atoms with Crippen LogP contribution in [-0.4, -0.2) is 26.8 Å². The average molecular weight is 379 g/mol. The van der Waals surface area contributed by atoms with Gasteiger partial charge >= 0.3 is 0 Å². The quantitative estimate of drug-likeness (QED) is 0.373. The Hall–Kier alpha value is -1.18. The van der Waals surface area contributed by atoms with Crippen LogP contribution >= 0.6 is 35.0 Å². The number of nitrogens with zero attached hydrogens (tertiary/aromatic N) is 4. The summed E-state index contributed by atoms with van der Waals surface area (Å²) < 4.78 is 27.1. The zero-order chi connectivity index (χ0) is 16.8. The summed E-state index contributed by atoms with van der Waals surface area (Å²) in [5, 5.41) is 12.6. The van der Waals surface area contributed by atoms with Crippen LogP contribution in [0.25, 0.3) is 0 Å². The third kappa shape index (κ3) is 4.89. The van der Waals surface area contributed by atoms with Crippen LogP contribution < -0.4 is 0 Å². The summed E-state index contributed by atoms with van der Waals surface area (Å²) in [6.07, 6.45) is 0.583. The maximum atomic E-state index is 13.0. The van der Waals surface area contributed by atoms with Gasteiger partial charge in [0.05, 0.1) is 11.2 Å². The lowest BCUT2D eigenvalue weighted by Crippen LogP contribution is -2.01. The van der Waals surface area contributed by atoms with Gasteiger partial charge in [0, 0.05) is 16.3 Å². The smallest absolute Gasteiger partial charge is 0.201 e. The fraction of sp³-hybridized carbons (Fsp3) is 0.357. The highest BCUT2D eigenvalue weighted by atomic mass is 35.5. The first-order chi connectivity index (χ1) is 11.0. The summed E-state index contributed by atoms with van der Waals surface area (Å²) in [5.74, 6) is 0.264. The molecule has 2 rings (SSSR count). The second-order valence-corrected chi connectivity index (χ2v) is 6.47. The van der Waals surface area contributed by atoms with Crippen molar-refractivity contribution in [2.75, 3.05) is 5.75 Å². The minimum absolute atomic E-state index is 0.329. The highest BCUT2D eigenvalue weighted by Gasteiger charge is 2.20. The minimum atomic E-state index is -2.76. The van der Waals surface area contributed by atoms with E-state index >= 15 is 0 Å². The molecule has 0 fully saturated rings. The summed E-state index contributed by atoms with van der Waals surface area (Å²) in [6.45, 7) is 2.05. The molecule has 124 valence electrons. The van der Waals surface area contributed by atoms with E-state index in [-0.39, 0.29) is 0 Å². The highest BCUT2D eigenvalue weighted by molar-refractivity contribution is 7.99. The first-order valence-corrected chi connectivity index (χ1v) is 8.62. The lowest BCUT2D eigenvalue weighted by Gasteiger charge is -2.04. The number of thioether (sulfide) groups is 1. The molecule has 23 heavy (non-hydrogen) atoms. The molecule has 0 spiro atoms. The highest BCUT2D eigenvalue weighted by Crippen LogP contribution is 2.24. The molecule has 0 unspecified atom stereocenters. The molecule has 0 saturated heterocycles. The summed E-state index contributed by atoms with van der Waals surface area (Å²) in [5.41, 5.74) is 0.564. The van der Waals surface area contributed by atoms with Crippen molar-refractivity contribution in [3.8, 4) is 0 Å². The Morgan fingerprint density at radius 2 is 2.13 bits per heavy atom. The molecule has 4 nitrogen and oxygen atoms in total. The van der Waals surface area contributed by atoms with Gasteiger partial charge in [0.15, 0.2) is 0 Å². The van der Waals surface area contributed by atoms with Crippen molar-refractivity contribution in [2.45, 2.75) is 31.3 Å². The van der Waals surface area contributed by atoms with E-state index < -0.39 is 12.2 Å². The van der Waals surface area contributed by atoms with E-state index in [1.807, 2.05) is 0 Å². The summed E-state index contributed by atoms with van der Waals surface area (Å²) in [6, 6.07) is 4.86. The van der Waals surface area contributed by atoms with Gasteiger partial charge in [0.25, 0.3) is 6.43 Å². The molecule has 0 aliphatic carbocycles. The molecule has 2 aromatic rings. The number of aromatic nitrogens is 3. The number of halogens is 4. The molecule has 0 aliphatic heterocycles. The Balaban J connectivity index is 2.28. The number of rotatable bonds is 7. The van der Waals surface area contributed by atoms with Crippen LogP contribution in [0.3, 0.4) is 0 Å².